The van der Waals surface area contributed by atoms with Gasteiger partial charge in [0.2, 0.25) is 0 Å². The van der Waals surface area contributed by atoms with Gasteiger partial charge in [-0.1, -0.05) is 19.8 Å². The van der Waals surface area contributed by atoms with E-state index < -0.39 is 0 Å². The summed E-state index contributed by atoms with van der Waals surface area (Å²) >= 11 is 0. The molecule has 2 N–H and O–H groups in total. The Kier molecular flexibility index (Phi) is 3.23. The number of aromatic nitrogens is 4. The third-order valence-electron chi connectivity index (χ3n) is 3.88. The molecule has 2 aromatic rings. The first-order valence-corrected chi connectivity index (χ1v) is 6.93. The van der Waals surface area contributed by atoms with Crippen molar-refractivity contribution in [3.05, 3.63) is 22.6 Å². The van der Waals surface area contributed by atoms with Crippen LogP contribution in [0.4, 0.5) is 5.82 Å². The number of nitrogens with one attached hydrogen (secondary N) is 2. The van der Waals surface area contributed by atoms with Gasteiger partial charge in [-0.25, -0.2) is 9.89 Å². The van der Waals surface area contributed by atoms with Crippen LogP contribution in [-0.2, 0) is 0 Å². The third kappa shape index (κ3) is 2.62. The van der Waals surface area contributed by atoms with Crippen LogP contribution in [0.1, 0.15) is 39.0 Å². The van der Waals surface area contributed by atoms with Gasteiger partial charge in [0.25, 0.3) is 0 Å². The second-order valence-electron chi connectivity index (χ2n) is 5.47. The van der Waals surface area contributed by atoms with E-state index in [1.165, 1.54) is 36.6 Å². The molecule has 6 heteroatoms. The minimum Gasteiger partial charge on any atom is -0.366 e. The van der Waals surface area contributed by atoms with Crippen molar-refractivity contribution in [2.45, 2.75) is 45.1 Å². The van der Waals surface area contributed by atoms with E-state index in [2.05, 4.69) is 27.5 Å². The average Bonchev–Trinajstić information content (AvgIpc) is 2.64. The van der Waals surface area contributed by atoms with E-state index >= 15 is 0 Å². The zero-order chi connectivity index (χ0) is 13.2. The van der Waals surface area contributed by atoms with Gasteiger partial charge in [-0.15, -0.1) is 5.10 Å². The quantitative estimate of drug-likeness (QED) is 0.808. The summed E-state index contributed by atoms with van der Waals surface area (Å²) in [5.41, 5.74) is 0.248. The molecule has 2 atom stereocenters. The summed E-state index contributed by atoms with van der Waals surface area (Å²) in [4.78, 5) is 11.5. The van der Waals surface area contributed by atoms with Crippen molar-refractivity contribution >= 4 is 11.5 Å². The maximum atomic E-state index is 11.5. The zero-order valence-corrected chi connectivity index (χ0v) is 11.1. The average molecular weight is 261 g/mol. The number of H-pyrrole nitrogens is 1. The largest absolute Gasteiger partial charge is 0.366 e. The molecule has 2 unspecified atom stereocenters. The fourth-order valence-electron chi connectivity index (χ4n) is 2.72. The Bertz CT molecular complexity index is 617. The summed E-state index contributed by atoms with van der Waals surface area (Å²) in [6.07, 6.45) is 6.16. The van der Waals surface area contributed by atoms with E-state index in [0.29, 0.717) is 11.7 Å². The van der Waals surface area contributed by atoms with Gasteiger partial charge >= 0.3 is 5.69 Å². The van der Waals surface area contributed by atoms with Crippen LogP contribution in [0.15, 0.2) is 16.9 Å². The fourth-order valence-corrected chi connectivity index (χ4v) is 2.72. The molecule has 1 saturated carbocycles. The molecule has 6 nitrogen and oxygen atoms in total. The Labute approximate surface area is 111 Å². The standard InChI is InChI=1S/C13H19N5O/c1-9-3-2-4-10(6-5-9)14-11-7-8-12-15-16-13(19)18(12)17-11/h7-10H,2-6H2,1H3,(H,14,17)(H,16,19). The van der Waals surface area contributed by atoms with Crippen LogP contribution in [0.25, 0.3) is 5.65 Å². The van der Waals surface area contributed by atoms with Gasteiger partial charge in [0.1, 0.15) is 5.82 Å². The fraction of sp³-hybridized carbons (Fsp3) is 0.615. The van der Waals surface area contributed by atoms with Crippen molar-refractivity contribution in [3.63, 3.8) is 0 Å². The van der Waals surface area contributed by atoms with Gasteiger partial charge in [0.05, 0.1) is 0 Å². The lowest BCUT2D eigenvalue weighted by Crippen LogP contribution is -2.21. The van der Waals surface area contributed by atoms with Crippen LogP contribution >= 0.6 is 0 Å². The van der Waals surface area contributed by atoms with Crippen LogP contribution in [0, 0.1) is 5.92 Å². The molecule has 19 heavy (non-hydrogen) atoms. The number of aromatic amines is 1. The van der Waals surface area contributed by atoms with E-state index in [0.717, 1.165) is 11.7 Å². The second kappa shape index (κ2) is 5.03. The highest BCUT2D eigenvalue weighted by molar-refractivity contribution is 5.43. The summed E-state index contributed by atoms with van der Waals surface area (Å²) in [6.45, 7) is 2.32. The molecule has 2 heterocycles. The predicted octanol–water partition coefficient (Wildman–Crippen LogP) is 1.80. The van der Waals surface area contributed by atoms with E-state index in [-0.39, 0.29) is 5.69 Å². The van der Waals surface area contributed by atoms with E-state index in [1.807, 2.05) is 6.07 Å². The third-order valence-corrected chi connectivity index (χ3v) is 3.88. The first-order chi connectivity index (χ1) is 9.22. The first-order valence-electron chi connectivity index (χ1n) is 6.93. The maximum absolute atomic E-state index is 11.5. The highest BCUT2D eigenvalue weighted by Gasteiger charge is 2.16. The first kappa shape index (κ1) is 12.2. The number of nitrogens with zero attached hydrogens (tertiary/aromatic N) is 3. The smallest absolute Gasteiger partial charge is 0.364 e. The minimum absolute atomic E-state index is 0.298. The molecule has 0 amide bonds. The van der Waals surface area contributed by atoms with Crippen LogP contribution in [0.3, 0.4) is 0 Å². The second-order valence-corrected chi connectivity index (χ2v) is 5.47. The van der Waals surface area contributed by atoms with Gasteiger partial charge in [0.15, 0.2) is 5.65 Å². The van der Waals surface area contributed by atoms with Crippen LogP contribution in [0.2, 0.25) is 0 Å². The Morgan fingerprint density at radius 1 is 1.32 bits per heavy atom. The van der Waals surface area contributed by atoms with Crippen molar-refractivity contribution in [2.24, 2.45) is 5.92 Å². The van der Waals surface area contributed by atoms with Crippen LogP contribution in [-0.4, -0.2) is 25.9 Å². The van der Waals surface area contributed by atoms with E-state index in [9.17, 15) is 4.79 Å². The number of fused-ring (bicyclic) bond motifs is 1. The molecule has 0 saturated heterocycles. The van der Waals surface area contributed by atoms with E-state index in [4.69, 9.17) is 0 Å². The van der Waals surface area contributed by atoms with Crippen LogP contribution < -0.4 is 11.0 Å². The Hall–Kier alpha value is -1.85. The zero-order valence-electron chi connectivity index (χ0n) is 11.1. The Balaban J connectivity index is 1.77. The molecule has 1 fully saturated rings. The van der Waals surface area contributed by atoms with Crippen molar-refractivity contribution in [3.8, 4) is 0 Å². The molecule has 0 spiro atoms. The molecule has 0 bridgehead atoms. The molecule has 0 aliphatic heterocycles. The number of anilines is 1. The molecule has 102 valence electrons. The van der Waals surface area contributed by atoms with Gasteiger partial charge in [-0.05, 0) is 37.3 Å². The van der Waals surface area contributed by atoms with Gasteiger partial charge in [-0.2, -0.15) is 9.61 Å². The summed E-state index contributed by atoms with van der Waals surface area (Å²) in [6, 6.07) is 4.13. The molecule has 0 radical (unpaired) electrons. The molecular formula is C13H19N5O. The Morgan fingerprint density at radius 3 is 3.11 bits per heavy atom. The minimum atomic E-state index is -0.298. The molecule has 1 aliphatic rings. The molecule has 0 aromatic carbocycles. The molecule has 3 rings (SSSR count). The van der Waals surface area contributed by atoms with Crippen molar-refractivity contribution in [1.82, 2.24) is 19.8 Å². The number of rotatable bonds is 2. The maximum Gasteiger partial charge on any atom is 0.364 e. The summed E-state index contributed by atoms with van der Waals surface area (Å²) in [5, 5.41) is 14.0. The lowest BCUT2D eigenvalue weighted by molar-refractivity contribution is 0.501. The lowest BCUT2D eigenvalue weighted by Gasteiger charge is -2.16. The van der Waals surface area contributed by atoms with E-state index in [1.54, 1.807) is 6.07 Å². The monoisotopic (exact) mass is 261 g/mol. The molecule has 2 aromatic heterocycles. The highest BCUT2D eigenvalue weighted by Crippen LogP contribution is 2.24. The van der Waals surface area contributed by atoms with Gasteiger partial charge in [0, 0.05) is 6.04 Å². The lowest BCUT2D eigenvalue weighted by atomic mass is 10.0. The summed E-state index contributed by atoms with van der Waals surface area (Å²) in [5.74, 6) is 1.56. The van der Waals surface area contributed by atoms with Gasteiger partial charge in [-0.3, -0.25) is 0 Å². The molecule has 1 aliphatic carbocycles. The van der Waals surface area contributed by atoms with Gasteiger partial charge < -0.3 is 5.32 Å². The van der Waals surface area contributed by atoms with Crippen molar-refractivity contribution in [1.29, 1.82) is 0 Å². The highest BCUT2D eigenvalue weighted by atomic mass is 16.2. The number of hydrogen-bond acceptors (Lipinski definition) is 4. The van der Waals surface area contributed by atoms with Crippen molar-refractivity contribution in [2.75, 3.05) is 5.32 Å². The predicted molar refractivity (Wildman–Crippen MR) is 73.3 cm³/mol. The summed E-state index contributed by atoms with van der Waals surface area (Å²) < 4.78 is 1.29. The Morgan fingerprint density at radius 2 is 2.21 bits per heavy atom. The molecular weight excluding hydrogens is 242 g/mol. The van der Waals surface area contributed by atoms with Crippen molar-refractivity contribution < 1.29 is 0 Å². The normalized spacial score (nSPS) is 24.3. The SMILES string of the molecule is CC1CCCC(Nc2ccc3n[nH]c(=O)n3n2)CC1. The van der Waals surface area contributed by atoms with Crippen LogP contribution in [0.5, 0.6) is 0 Å². The summed E-state index contributed by atoms with van der Waals surface area (Å²) in [7, 11) is 0. The number of hydrogen-bond donors (Lipinski definition) is 2. The topological polar surface area (TPSA) is 75.1 Å².